The Morgan fingerprint density at radius 1 is 1.27 bits per heavy atom. The Morgan fingerprint density at radius 3 is 2.73 bits per heavy atom. The second kappa shape index (κ2) is 9.35. The van der Waals surface area contributed by atoms with Crippen molar-refractivity contribution >= 4 is 18.2 Å². The summed E-state index contributed by atoms with van der Waals surface area (Å²) in [4.78, 5) is 16.6. The van der Waals surface area contributed by atoms with E-state index in [1.165, 1.54) is 19.3 Å². The number of nitrogens with zero attached hydrogens (tertiary/aromatic N) is 2. The molecule has 0 aromatic heterocycles. The molecule has 1 heterocycles. The molecule has 0 radical (unpaired) electrons. The van der Waals surface area contributed by atoms with Crippen molar-refractivity contribution in [2.75, 3.05) is 20.2 Å². The molecule has 1 atom stereocenters. The summed E-state index contributed by atoms with van der Waals surface area (Å²) in [7, 11) is 2.03. The Morgan fingerprint density at radius 2 is 2.08 bits per heavy atom. The van der Waals surface area contributed by atoms with Gasteiger partial charge in [0.05, 0.1) is 6.10 Å². The second-order valence-corrected chi connectivity index (χ2v) is 7.02. The van der Waals surface area contributed by atoms with E-state index in [4.69, 9.17) is 4.74 Å². The number of rotatable bonds is 6. The molecule has 0 spiro atoms. The minimum absolute atomic E-state index is 0.273. The molecule has 26 heavy (non-hydrogen) atoms. The summed E-state index contributed by atoms with van der Waals surface area (Å²) in [5.74, 6) is 7.10. The molecule has 2 fully saturated rings. The number of carbonyl (C=O) groups excluding carboxylic acids is 1. The second-order valence-electron chi connectivity index (χ2n) is 7.02. The minimum atomic E-state index is 0.273. The normalized spacial score (nSPS) is 20.5. The first kappa shape index (κ1) is 18.4. The first-order chi connectivity index (χ1) is 12.7. The van der Waals surface area contributed by atoms with Gasteiger partial charge in [-0.2, -0.15) is 0 Å². The lowest BCUT2D eigenvalue weighted by atomic mass is 10.0. The molecule has 136 valence electrons. The zero-order valence-corrected chi connectivity index (χ0v) is 15.4. The van der Waals surface area contributed by atoms with E-state index < -0.39 is 0 Å². The fourth-order valence-corrected chi connectivity index (χ4v) is 3.01. The fraction of sp³-hybridized carbons (Fsp3) is 0.455. The minimum Gasteiger partial charge on any atom is -0.377 e. The van der Waals surface area contributed by atoms with Gasteiger partial charge in [-0.3, -0.25) is 4.79 Å². The highest BCUT2D eigenvalue weighted by Gasteiger charge is 2.17. The lowest BCUT2D eigenvalue weighted by Gasteiger charge is -2.27. The molecule has 1 unspecified atom stereocenters. The molecule has 0 N–H and O–H groups in total. The Kier molecular flexibility index (Phi) is 6.62. The summed E-state index contributed by atoms with van der Waals surface area (Å²) >= 11 is 0. The van der Waals surface area contributed by atoms with Gasteiger partial charge >= 0.3 is 0 Å². The fourth-order valence-electron chi connectivity index (χ4n) is 3.01. The number of hydrogen-bond donors (Lipinski definition) is 0. The van der Waals surface area contributed by atoms with Crippen molar-refractivity contribution < 1.29 is 9.53 Å². The van der Waals surface area contributed by atoms with Gasteiger partial charge in [-0.1, -0.05) is 24.0 Å². The predicted octanol–water partition coefficient (Wildman–Crippen LogP) is 3.52. The molecule has 0 bridgehead atoms. The summed E-state index contributed by atoms with van der Waals surface area (Å²) in [6.07, 6.45) is 10.4. The molecule has 4 nitrogen and oxygen atoms in total. The topological polar surface area (TPSA) is 41.9 Å². The molecule has 1 aliphatic carbocycles. The number of amides is 1. The first-order valence-electron chi connectivity index (χ1n) is 9.37. The van der Waals surface area contributed by atoms with Crippen molar-refractivity contribution in [1.82, 2.24) is 4.90 Å². The van der Waals surface area contributed by atoms with E-state index in [0.29, 0.717) is 12.3 Å². The molecular formula is C22H26N2O2. The quantitative estimate of drug-likeness (QED) is 0.448. The van der Waals surface area contributed by atoms with Crippen molar-refractivity contribution in [1.29, 1.82) is 0 Å². The van der Waals surface area contributed by atoms with Gasteiger partial charge in [-0.15, -0.1) is 0 Å². The average molecular weight is 350 g/mol. The number of allylic oxidation sites excluding steroid dienone is 1. The van der Waals surface area contributed by atoms with E-state index in [-0.39, 0.29) is 6.10 Å². The highest BCUT2D eigenvalue weighted by atomic mass is 16.5. The van der Waals surface area contributed by atoms with Crippen LogP contribution in [0.1, 0.15) is 43.2 Å². The Balaban J connectivity index is 1.70. The molecule has 1 aromatic carbocycles. The van der Waals surface area contributed by atoms with Crippen LogP contribution in [0.5, 0.6) is 0 Å². The third-order valence-corrected chi connectivity index (χ3v) is 4.62. The Hall–Kier alpha value is -2.38. The molecule has 4 heteroatoms. The number of carbonyl (C=O) groups is 1. The largest absolute Gasteiger partial charge is 0.377 e. The predicted molar refractivity (Wildman–Crippen MR) is 105 cm³/mol. The van der Waals surface area contributed by atoms with Crippen molar-refractivity contribution in [3.05, 3.63) is 41.6 Å². The highest BCUT2D eigenvalue weighted by molar-refractivity contribution is 6.11. The van der Waals surface area contributed by atoms with Gasteiger partial charge < -0.3 is 9.64 Å². The molecule has 1 saturated carbocycles. The van der Waals surface area contributed by atoms with E-state index in [0.717, 1.165) is 42.7 Å². The summed E-state index contributed by atoms with van der Waals surface area (Å²) in [5, 5.41) is 0. The van der Waals surface area contributed by atoms with E-state index >= 15 is 0 Å². The molecule has 2 aliphatic rings. The maximum absolute atomic E-state index is 10.7. The van der Waals surface area contributed by atoms with Crippen molar-refractivity contribution in [3.63, 3.8) is 0 Å². The molecule has 1 amide bonds. The zero-order valence-electron chi connectivity index (χ0n) is 15.4. The summed E-state index contributed by atoms with van der Waals surface area (Å²) in [6.45, 7) is 1.69. The molecular weight excluding hydrogens is 324 g/mol. The van der Waals surface area contributed by atoms with Crippen LogP contribution in [0.2, 0.25) is 0 Å². The third kappa shape index (κ3) is 5.86. The van der Waals surface area contributed by atoms with Crippen LogP contribution in [0.15, 0.2) is 35.5 Å². The van der Waals surface area contributed by atoms with Crippen LogP contribution >= 0.6 is 0 Å². The number of hydrogen-bond acceptors (Lipinski definition) is 3. The monoisotopic (exact) mass is 350 g/mol. The lowest BCUT2D eigenvalue weighted by Crippen LogP contribution is -2.30. The standard InChI is InChI=1S/C22H26N2O2/c1-24(16-22-4-2-3-13-26-22)15-21(14-23-17-25)20-11-9-19(10-12-20)8-7-18-5-6-18/h9-12,14-15,17-18,22H,2-6,13,16H2,1H3/b21-15+,23-14-. The zero-order chi connectivity index (χ0) is 18.2. The number of likely N-dealkylation sites (N-methyl/N-ethyl adjacent to an activating group) is 1. The average Bonchev–Trinajstić information content (AvgIpc) is 3.49. The maximum Gasteiger partial charge on any atom is 0.232 e. The van der Waals surface area contributed by atoms with Crippen molar-refractivity contribution in [3.8, 4) is 11.8 Å². The van der Waals surface area contributed by atoms with Crippen LogP contribution in [-0.2, 0) is 9.53 Å². The Labute approximate surface area is 155 Å². The van der Waals surface area contributed by atoms with Crippen LogP contribution < -0.4 is 0 Å². The number of ether oxygens (including phenoxy) is 1. The summed E-state index contributed by atoms with van der Waals surface area (Å²) < 4.78 is 5.81. The van der Waals surface area contributed by atoms with Crippen LogP contribution in [0.25, 0.3) is 5.57 Å². The third-order valence-electron chi connectivity index (χ3n) is 4.62. The molecule has 3 rings (SSSR count). The van der Waals surface area contributed by atoms with Gasteiger partial charge in [0.2, 0.25) is 6.41 Å². The van der Waals surface area contributed by atoms with Gasteiger partial charge in [-0.25, -0.2) is 4.99 Å². The van der Waals surface area contributed by atoms with Gasteiger partial charge in [0.1, 0.15) is 0 Å². The van der Waals surface area contributed by atoms with E-state index in [9.17, 15) is 4.79 Å². The maximum atomic E-state index is 10.7. The first-order valence-corrected chi connectivity index (χ1v) is 9.37. The molecule has 1 aromatic rings. The van der Waals surface area contributed by atoms with Crippen molar-refractivity contribution in [2.45, 2.75) is 38.2 Å². The van der Waals surface area contributed by atoms with Crippen molar-refractivity contribution in [2.24, 2.45) is 10.9 Å². The summed E-state index contributed by atoms with van der Waals surface area (Å²) in [6, 6.07) is 8.12. The van der Waals surface area contributed by atoms with Crippen LogP contribution in [0, 0.1) is 17.8 Å². The molecule has 1 aliphatic heterocycles. The van der Waals surface area contributed by atoms with E-state index in [1.807, 2.05) is 37.5 Å². The number of benzene rings is 1. The highest BCUT2D eigenvalue weighted by Crippen LogP contribution is 2.27. The van der Waals surface area contributed by atoms with Gasteiger partial charge in [-0.05, 0) is 49.8 Å². The van der Waals surface area contributed by atoms with Gasteiger partial charge in [0, 0.05) is 49.7 Å². The smallest absolute Gasteiger partial charge is 0.232 e. The van der Waals surface area contributed by atoms with Gasteiger partial charge in [0.25, 0.3) is 0 Å². The molecule has 1 saturated heterocycles. The van der Waals surface area contributed by atoms with Gasteiger partial charge in [0.15, 0.2) is 0 Å². The van der Waals surface area contributed by atoms with Crippen LogP contribution in [-0.4, -0.2) is 43.8 Å². The van der Waals surface area contributed by atoms with E-state index in [2.05, 4.69) is 21.7 Å². The van der Waals surface area contributed by atoms with Crippen LogP contribution in [0.4, 0.5) is 0 Å². The van der Waals surface area contributed by atoms with E-state index in [1.54, 1.807) is 6.21 Å². The Bertz CT molecular complexity index is 715. The lowest BCUT2D eigenvalue weighted by molar-refractivity contribution is -0.106. The van der Waals surface area contributed by atoms with Crippen LogP contribution in [0.3, 0.4) is 0 Å². The number of aliphatic imine (C=N–C) groups is 1. The summed E-state index contributed by atoms with van der Waals surface area (Å²) in [5.41, 5.74) is 2.94. The SMILES string of the molecule is CN(/C=C(\C=N/C=O)c1ccc(C#CC2CC2)cc1)CC1CCCCO1.